The molecule has 0 aliphatic carbocycles. The van der Waals surface area contributed by atoms with Crippen molar-refractivity contribution in [2.45, 2.75) is 37.8 Å². The number of nitrogens with one attached hydrogen (secondary N) is 2. The van der Waals surface area contributed by atoms with Crippen molar-refractivity contribution in [2.75, 3.05) is 19.6 Å². The summed E-state index contributed by atoms with van der Waals surface area (Å²) < 4.78 is 0. The Morgan fingerprint density at radius 2 is 1.85 bits per heavy atom. The summed E-state index contributed by atoms with van der Waals surface area (Å²) in [5.74, 6) is 0.0123. The third-order valence-corrected chi connectivity index (χ3v) is 5.51. The van der Waals surface area contributed by atoms with Gasteiger partial charge in [0.05, 0.1) is 0 Å². The zero-order valence-electron chi connectivity index (χ0n) is 14.9. The van der Waals surface area contributed by atoms with Crippen LogP contribution in [0.5, 0.6) is 0 Å². The maximum Gasteiger partial charge on any atom is 0.251 e. The molecule has 2 aliphatic rings. The van der Waals surface area contributed by atoms with Crippen molar-refractivity contribution in [3.63, 3.8) is 0 Å². The highest BCUT2D eigenvalue weighted by Crippen LogP contribution is 2.20. The summed E-state index contributed by atoms with van der Waals surface area (Å²) in [4.78, 5) is 26.8. The second kappa shape index (κ2) is 7.46. The van der Waals surface area contributed by atoms with Crippen molar-refractivity contribution in [3.8, 4) is 0 Å². The molecule has 5 nitrogen and oxygen atoms in total. The molecule has 0 radical (unpaired) electrons. The zero-order valence-corrected chi connectivity index (χ0v) is 14.9. The van der Waals surface area contributed by atoms with E-state index in [4.69, 9.17) is 0 Å². The molecule has 2 heterocycles. The maximum atomic E-state index is 12.5. The molecule has 4 rings (SSSR count). The molecule has 2 aromatic carbocycles. The molecule has 2 amide bonds. The van der Waals surface area contributed by atoms with Crippen molar-refractivity contribution >= 4 is 22.6 Å². The van der Waals surface area contributed by atoms with E-state index in [1.54, 1.807) is 0 Å². The third-order valence-electron chi connectivity index (χ3n) is 5.51. The van der Waals surface area contributed by atoms with Crippen LogP contribution in [0.25, 0.3) is 10.8 Å². The van der Waals surface area contributed by atoms with Crippen molar-refractivity contribution in [1.29, 1.82) is 0 Å². The van der Waals surface area contributed by atoms with Crippen LogP contribution in [0.2, 0.25) is 0 Å². The number of rotatable bonds is 4. The van der Waals surface area contributed by atoms with Crippen LogP contribution in [0, 0.1) is 0 Å². The van der Waals surface area contributed by atoms with Gasteiger partial charge in [0.25, 0.3) is 5.91 Å². The van der Waals surface area contributed by atoms with Crippen LogP contribution in [0.1, 0.15) is 36.0 Å². The molecular weight excluding hydrogens is 326 g/mol. The lowest BCUT2D eigenvalue weighted by molar-refractivity contribution is -0.131. The van der Waals surface area contributed by atoms with Gasteiger partial charge in [0.1, 0.15) is 0 Å². The average Bonchev–Trinajstić information content (AvgIpc) is 2.99. The standard InChI is InChI=1S/C21H25N3O2/c25-20(24-12-10-18-7-8-19(14-24)23-18)9-11-22-21(26)17-6-5-15-3-1-2-4-16(15)13-17/h1-6,13,18-19,23H,7-12,14H2,(H,22,26). The second-order valence-corrected chi connectivity index (χ2v) is 7.33. The summed E-state index contributed by atoms with van der Waals surface area (Å²) in [5, 5.41) is 8.62. The summed E-state index contributed by atoms with van der Waals surface area (Å²) in [6.07, 6.45) is 3.78. The van der Waals surface area contributed by atoms with E-state index in [0.717, 1.165) is 36.7 Å². The Morgan fingerprint density at radius 3 is 2.73 bits per heavy atom. The predicted octanol–water partition coefficient (Wildman–Crippen LogP) is 2.31. The van der Waals surface area contributed by atoms with E-state index < -0.39 is 0 Å². The highest BCUT2D eigenvalue weighted by molar-refractivity contribution is 5.98. The monoisotopic (exact) mass is 351 g/mol. The van der Waals surface area contributed by atoms with Gasteiger partial charge in [-0.15, -0.1) is 0 Å². The van der Waals surface area contributed by atoms with Gasteiger partial charge in [0.15, 0.2) is 0 Å². The molecule has 2 aromatic rings. The summed E-state index contributed by atoms with van der Waals surface area (Å²) in [6.45, 7) is 2.00. The smallest absolute Gasteiger partial charge is 0.251 e. The van der Waals surface area contributed by atoms with E-state index in [1.165, 1.54) is 6.42 Å². The molecule has 2 aliphatic heterocycles. The van der Waals surface area contributed by atoms with E-state index in [0.29, 0.717) is 30.6 Å². The quantitative estimate of drug-likeness (QED) is 0.889. The minimum atomic E-state index is -0.125. The molecule has 0 saturated carbocycles. The van der Waals surface area contributed by atoms with Crippen LogP contribution >= 0.6 is 0 Å². The number of fused-ring (bicyclic) bond motifs is 3. The minimum Gasteiger partial charge on any atom is -0.352 e. The van der Waals surface area contributed by atoms with Gasteiger partial charge in [-0.3, -0.25) is 9.59 Å². The first-order chi connectivity index (χ1) is 12.7. The first kappa shape index (κ1) is 17.0. The van der Waals surface area contributed by atoms with Crippen LogP contribution in [0.4, 0.5) is 0 Å². The Hall–Kier alpha value is -2.40. The van der Waals surface area contributed by atoms with E-state index in [2.05, 4.69) is 10.6 Å². The first-order valence-electron chi connectivity index (χ1n) is 9.50. The van der Waals surface area contributed by atoms with Crippen molar-refractivity contribution < 1.29 is 9.59 Å². The Morgan fingerprint density at radius 1 is 1.04 bits per heavy atom. The van der Waals surface area contributed by atoms with Gasteiger partial charge in [-0.2, -0.15) is 0 Å². The fraction of sp³-hybridized carbons (Fsp3) is 0.429. The first-order valence-corrected chi connectivity index (χ1v) is 9.50. The fourth-order valence-corrected chi connectivity index (χ4v) is 4.04. The van der Waals surface area contributed by atoms with Gasteiger partial charge >= 0.3 is 0 Å². The summed E-state index contributed by atoms with van der Waals surface area (Å²) in [6, 6.07) is 14.7. The van der Waals surface area contributed by atoms with Gasteiger partial charge in [0, 0.05) is 43.7 Å². The van der Waals surface area contributed by atoms with Crippen LogP contribution < -0.4 is 10.6 Å². The lowest BCUT2D eigenvalue weighted by Crippen LogP contribution is -2.40. The summed E-state index contributed by atoms with van der Waals surface area (Å²) in [5.41, 5.74) is 0.632. The number of nitrogens with zero attached hydrogens (tertiary/aromatic N) is 1. The van der Waals surface area contributed by atoms with E-state index in [1.807, 2.05) is 47.4 Å². The lowest BCUT2D eigenvalue weighted by Gasteiger charge is -2.24. The number of hydrogen-bond donors (Lipinski definition) is 2. The van der Waals surface area contributed by atoms with Gasteiger partial charge in [-0.25, -0.2) is 0 Å². The number of amides is 2. The number of carbonyl (C=O) groups excluding carboxylic acids is 2. The molecule has 2 unspecified atom stereocenters. The fourth-order valence-electron chi connectivity index (χ4n) is 4.04. The highest BCUT2D eigenvalue weighted by atomic mass is 16.2. The Labute approximate surface area is 153 Å². The molecule has 0 spiro atoms. The Bertz CT molecular complexity index is 820. The van der Waals surface area contributed by atoms with Crippen LogP contribution in [-0.4, -0.2) is 48.4 Å². The Balaban J connectivity index is 1.29. The SMILES string of the molecule is O=C(NCCC(=O)N1CCC2CCC(C1)N2)c1ccc2ccccc2c1. The van der Waals surface area contributed by atoms with Gasteiger partial charge in [-0.05, 0) is 42.2 Å². The van der Waals surface area contributed by atoms with E-state index >= 15 is 0 Å². The topological polar surface area (TPSA) is 61.4 Å². The molecule has 2 atom stereocenters. The summed E-state index contributed by atoms with van der Waals surface area (Å²) in [7, 11) is 0. The molecule has 5 heteroatoms. The van der Waals surface area contributed by atoms with E-state index in [9.17, 15) is 9.59 Å². The largest absolute Gasteiger partial charge is 0.352 e. The number of hydrogen-bond acceptors (Lipinski definition) is 3. The lowest BCUT2D eigenvalue weighted by atomic mass is 10.1. The van der Waals surface area contributed by atoms with Crippen LogP contribution in [-0.2, 0) is 4.79 Å². The van der Waals surface area contributed by atoms with Crippen molar-refractivity contribution in [2.24, 2.45) is 0 Å². The normalized spacial score (nSPS) is 22.2. The van der Waals surface area contributed by atoms with Crippen molar-refractivity contribution in [3.05, 3.63) is 48.0 Å². The molecule has 2 N–H and O–H groups in total. The molecule has 2 bridgehead atoms. The van der Waals surface area contributed by atoms with Gasteiger partial charge in [-0.1, -0.05) is 30.3 Å². The summed E-state index contributed by atoms with van der Waals surface area (Å²) >= 11 is 0. The Kier molecular flexibility index (Phi) is 4.89. The third kappa shape index (κ3) is 3.73. The van der Waals surface area contributed by atoms with Crippen LogP contribution in [0.15, 0.2) is 42.5 Å². The minimum absolute atomic E-state index is 0.125. The maximum absolute atomic E-state index is 12.5. The van der Waals surface area contributed by atoms with E-state index in [-0.39, 0.29) is 11.8 Å². The van der Waals surface area contributed by atoms with Gasteiger partial charge < -0.3 is 15.5 Å². The van der Waals surface area contributed by atoms with Crippen molar-refractivity contribution in [1.82, 2.24) is 15.5 Å². The molecular formula is C21H25N3O2. The molecule has 0 aromatic heterocycles. The average molecular weight is 351 g/mol. The predicted molar refractivity (Wildman–Crippen MR) is 102 cm³/mol. The number of likely N-dealkylation sites (tertiary alicyclic amines) is 1. The molecule has 2 saturated heterocycles. The number of benzene rings is 2. The number of carbonyl (C=O) groups is 2. The second-order valence-electron chi connectivity index (χ2n) is 7.33. The molecule has 136 valence electrons. The van der Waals surface area contributed by atoms with Gasteiger partial charge in [0.2, 0.25) is 5.91 Å². The molecule has 26 heavy (non-hydrogen) atoms. The molecule has 2 fully saturated rings. The zero-order chi connectivity index (χ0) is 17.9. The van der Waals surface area contributed by atoms with Crippen LogP contribution in [0.3, 0.4) is 0 Å². The highest BCUT2D eigenvalue weighted by Gasteiger charge is 2.30.